The van der Waals surface area contributed by atoms with Gasteiger partial charge in [-0.05, 0) is 81.5 Å². The summed E-state index contributed by atoms with van der Waals surface area (Å²) in [7, 11) is 7.79. The molecule has 6 nitrogen and oxygen atoms in total. The van der Waals surface area contributed by atoms with E-state index in [4.69, 9.17) is 14.5 Å². The zero-order valence-corrected chi connectivity index (χ0v) is 23.3. The molecule has 0 saturated carbocycles. The smallest absolute Gasteiger partial charge is 0.213 e. The van der Waals surface area contributed by atoms with Crippen molar-refractivity contribution in [2.75, 3.05) is 42.0 Å². The van der Waals surface area contributed by atoms with Gasteiger partial charge in [-0.3, -0.25) is 0 Å². The van der Waals surface area contributed by atoms with Crippen LogP contribution in [0.1, 0.15) is 52.7 Å². The number of nitrogens with zero attached hydrogens (tertiary/aromatic N) is 4. The summed E-state index contributed by atoms with van der Waals surface area (Å²) in [4.78, 5) is 10.8. The highest BCUT2D eigenvalue weighted by atomic mass is 31.2. The van der Waals surface area contributed by atoms with Gasteiger partial charge in [-0.15, -0.1) is 0 Å². The van der Waals surface area contributed by atoms with Crippen LogP contribution in [0.25, 0.3) is 0 Å². The van der Waals surface area contributed by atoms with Crippen LogP contribution in [0.3, 0.4) is 0 Å². The van der Waals surface area contributed by atoms with E-state index >= 15 is 0 Å². The molecule has 0 bridgehead atoms. The number of hydrogen-bond acceptors (Lipinski definition) is 3. The summed E-state index contributed by atoms with van der Waals surface area (Å²) in [6.45, 7) is 13.6. The van der Waals surface area contributed by atoms with Crippen LogP contribution >= 0.6 is 7.51 Å². The Morgan fingerprint density at radius 2 is 1.06 bits per heavy atom. The first-order valence-electron chi connectivity index (χ1n) is 11.4. The minimum absolute atomic E-state index is 0.0995. The predicted octanol–water partition coefficient (Wildman–Crippen LogP) is 6.61. The molecular weight excluding hydrogens is 431 g/mol. The van der Waals surface area contributed by atoms with Crippen molar-refractivity contribution < 1.29 is 9.57 Å². The molecule has 0 amide bonds. The summed E-state index contributed by atoms with van der Waals surface area (Å²) < 4.78 is 12.5. The van der Waals surface area contributed by atoms with Crippen molar-refractivity contribution in [2.45, 2.75) is 52.4 Å². The second kappa shape index (κ2) is 10.6. The molecule has 0 radical (unpaired) electrons. The second-order valence-corrected chi connectivity index (χ2v) is 14.4. The molecule has 0 saturated heterocycles. The van der Waals surface area contributed by atoms with E-state index in [9.17, 15) is 0 Å². The molecule has 0 aliphatic rings. The average molecular weight is 475 g/mol. The van der Waals surface area contributed by atoms with E-state index in [0.29, 0.717) is 6.73 Å². The fraction of sp³-hybridized carbons (Fsp3) is 0.538. The molecular formula is C26H43N4O2P. The van der Waals surface area contributed by atoms with Gasteiger partial charge in [-0.1, -0.05) is 70.7 Å². The molecule has 2 aromatic carbocycles. The van der Waals surface area contributed by atoms with Crippen molar-refractivity contribution in [3.8, 4) is 11.5 Å². The summed E-state index contributed by atoms with van der Waals surface area (Å²) in [6, 6.07) is 16.5. The van der Waals surface area contributed by atoms with Gasteiger partial charge in [0.05, 0.1) is 0 Å². The Kier molecular flexibility index (Phi) is 8.80. The van der Waals surface area contributed by atoms with E-state index in [-0.39, 0.29) is 10.8 Å². The van der Waals surface area contributed by atoms with E-state index < -0.39 is 7.51 Å². The van der Waals surface area contributed by atoms with Crippen LogP contribution < -0.4 is 9.57 Å². The summed E-state index contributed by atoms with van der Waals surface area (Å²) in [5, 5.41) is 0. The molecule has 0 N–H and O–H groups in total. The van der Waals surface area contributed by atoms with Crippen LogP contribution in [0.5, 0.6) is 11.5 Å². The molecule has 0 aromatic heterocycles. The predicted molar refractivity (Wildman–Crippen MR) is 141 cm³/mol. The van der Waals surface area contributed by atoms with Crippen molar-refractivity contribution in [3.05, 3.63) is 59.7 Å². The van der Waals surface area contributed by atoms with Crippen LogP contribution in [0, 0.1) is 0 Å². The van der Waals surface area contributed by atoms with Gasteiger partial charge < -0.3 is 9.57 Å². The highest BCUT2D eigenvalue weighted by Gasteiger charge is 2.33. The Morgan fingerprint density at radius 1 is 0.667 bits per heavy atom. The lowest BCUT2D eigenvalue weighted by Crippen LogP contribution is -2.35. The van der Waals surface area contributed by atoms with E-state index in [1.165, 1.54) is 11.1 Å². The molecule has 2 aromatic rings. The molecule has 7 heteroatoms. The first-order valence-corrected chi connectivity index (χ1v) is 13.0. The molecule has 0 heterocycles. The number of rotatable bonds is 8. The third-order valence-electron chi connectivity index (χ3n) is 5.65. The van der Waals surface area contributed by atoms with E-state index in [1.54, 1.807) is 0 Å². The Labute approximate surface area is 201 Å². The van der Waals surface area contributed by atoms with Gasteiger partial charge in [0.1, 0.15) is 12.5 Å². The van der Waals surface area contributed by atoms with Gasteiger partial charge in [-0.25, -0.2) is 14.0 Å². The highest BCUT2D eigenvalue weighted by Crippen LogP contribution is 2.55. The summed E-state index contributed by atoms with van der Waals surface area (Å²) in [5.74, 6) is 1.56. The Hall–Kier alpha value is -1.85. The van der Waals surface area contributed by atoms with Gasteiger partial charge in [0.2, 0.25) is 7.51 Å². The molecule has 184 valence electrons. The van der Waals surface area contributed by atoms with Gasteiger partial charge in [0.25, 0.3) is 0 Å². The molecule has 0 aliphatic carbocycles. The largest absolute Gasteiger partial charge is 0.478 e. The highest BCUT2D eigenvalue weighted by molar-refractivity contribution is 7.58. The third kappa shape index (κ3) is 6.83. The lowest BCUT2D eigenvalue weighted by molar-refractivity contribution is 0.207. The number of hydrogen-bond donors (Lipinski definition) is 0. The zero-order chi connectivity index (χ0) is 25.0. The number of ether oxygens (including phenoxy) is 1. The van der Waals surface area contributed by atoms with E-state index in [2.05, 4.69) is 79.8 Å². The summed E-state index contributed by atoms with van der Waals surface area (Å²) >= 11 is 0. The molecule has 0 spiro atoms. The SMILES string of the molecule is CN(C)P(=NOc1ccc(C(C)(C)C)cc1)(N(C)C)N(C)COc1ccc(C(C)(C)C)cc1. The Morgan fingerprint density at radius 3 is 1.42 bits per heavy atom. The third-order valence-corrected chi connectivity index (χ3v) is 9.12. The standard InChI is InChI=1S/C26H43N4O2P/c1-25(2,3)21-12-16-23(17-13-21)31-20-30(11)33(28(7)8,29(9)10)27-32-24-18-14-22(15-19-24)26(4,5)6/h12-19H,20H2,1-11H3. The maximum absolute atomic E-state index is 6.13. The number of benzene rings is 2. The minimum Gasteiger partial charge on any atom is -0.478 e. The van der Waals surface area contributed by atoms with Crippen molar-refractivity contribution in [2.24, 2.45) is 4.91 Å². The minimum atomic E-state index is -2.34. The van der Waals surface area contributed by atoms with Crippen LogP contribution in [0.15, 0.2) is 53.4 Å². The molecule has 0 fully saturated rings. The van der Waals surface area contributed by atoms with Gasteiger partial charge in [-0.2, -0.15) is 0 Å². The van der Waals surface area contributed by atoms with E-state index in [1.807, 2.05) is 59.5 Å². The Balaban J connectivity index is 2.23. The summed E-state index contributed by atoms with van der Waals surface area (Å²) in [6.07, 6.45) is 0. The van der Waals surface area contributed by atoms with Crippen molar-refractivity contribution in [3.63, 3.8) is 0 Å². The topological polar surface area (TPSA) is 40.5 Å². The molecule has 0 aliphatic heterocycles. The molecule has 2 rings (SSSR count). The molecule has 33 heavy (non-hydrogen) atoms. The van der Waals surface area contributed by atoms with Crippen molar-refractivity contribution in [1.29, 1.82) is 0 Å². The van der Waals surface area contributed by atoms with Crippen LogP contribution in [0.4, 0.5) is 0 Å². The maximum Gasteiger partial charge on any atom is 0.213 e. The lowest BCUT2D eigenvalue weighted by Gasteiger charge is -2.40. The fourth-order valence-corrected chi connectivity index (χ4v) is 6.36. The van der Waals surface area contributed by atoms with Gasteiger partial charge >= 0.3 is 0 Å². The quantitative estimate of drug-likeness (QED) is 0.244. The van der Waals surface area contributed by atoms with Crippen molar-refractivity contribution >= 4 is 7.51 Å². The maximum atomic E-state index is 6.13. The molecule has 0 atom stereocenters. The molecule has 0 unspecified atom stereocenters. The van der Waals surface area contributed by atoms with Gasteiger partial charge in [0, 0.05) is 0 Å². The normalized spacial score (nSPS) is 13.0. The lowest BCUT2D eigenvalue weighted by atomic mass is 9.87. The van der Waals surface area contributed by atoms with Crippen LogP contribution in [0.2, 0.25) is 0 Å². The monoisotopic (exact) mass is 474 g/mol. The zero-order valence-electron chi connectivity index (χ0n) is 22.4. The van der Waals surface area contributed by atoms with E-state index in [0.717, 1.165) is 11.5 Å². The fourth-order valence-electron chi connectivity index (χ4n) is 3.59. The Bertz CT molecular complexity index is 928. The van der Waals surface area contributed by atoms with Gasteiger partial charge in [0.15, 0.2) is 5.75 Å². The average Bonchev–Trinajstić information content (AvgIpc) is 2.71. The second-order valence-electron chi connectivity index (χ2n) is 10.9. The summed E-state index contributed by atoms with van der Waals surface area (Å²) in [5.41, 5.74) is 2.77. The first-order chi connectivity index (χ1) is 15.2. The first kappa shape index (κ1) is 27.4. The van der Waals surface area contributed by atoms with Crippen molar-refractivity contribution in [1.82, 2.24) is 14.0 Å². The van der Waals surface area contributed by atoms with Crippen LogP contribution in [-0.2, 0) is 10.8 Å². The van der Waals surface area contributed by atoms with Crippen LogP contribution in [-0.4, -0.2) is 56.0 Å².